The quantitative estimate of drug-likeness (QED) is 0.902. The van der Waals surface area contributed by atoms with Crippen molar-refractivity contribution in [3.8, 4) is 0 Å². The summed E-state index contributed by atoms with van der Waals surface area (Å²) in [7, 11) is 0. The minimum absolute atomic E-state index is 0.0401. The second-order valence-corrected chi connectivity index (χ2v) is 5.58. The molecule has 1 aromatic rings. The van der Waals surface area contributed by atoms with Gasteiger partial charge in [-0.15, -0.1) is 0 Å². The molecule has 2 unspecified atom stereocenters. The highest BCUT2D eigenvalue weighted by Crippen LogP contribution is 2.31. The van der Waals surface area contributed by atoms with Gasteiger partial charge in [0, 0.05) is 23.3 Å². The smallest absolute Gasteiger partial charge is 0.0569 e. The van der Waals surface area contributed by atoms with Gasteiger partial charge in [0.05, 0.1) is 11.6 Å². The maximum atomic E-state index is 5.97. The number of rotatable bonds is 3. The summed E-state index contributed by atoms with van der Waals surface area (Å²) in [6.07, 6.45) is 2.17. The van der Waals surface area contributed by atoms with E-state index >= 15 is 0 Å². The third-order valence-corrected chi connectivity index (χ3v) is 4.02. The van der Waals surface area contributed by atoms with Crippen molar-refractivity contribution < 1.29 is 4.74 Å². The molecule has 0 aromatic heterocycles. The van der Waals surface area contributed by atoms with E-state index in [9.17, 15) is 0 Å². The van der Waals surface area contributed by atoms with Gasteiger partial charge in [0.25, 0.3) is 0 Å². The number of nitrogens with two attached hydrogens (primary N) is 1. The Morgan fingerprint density at radius 3 is 2.94 bits per heavy atom. The van der Waals surface area contributed by atoms with Crippen molar-refractivity contribution in [2.75, 3.05) is 18.5 Å². The predicted molar refractivity (Wildman–Crippen MR) is 74.2 cm³/mol. The summed E-state index contributed by atoms with van der Waals surface area (Å²) in [6.45, 7) is 3.50. The zero-order valence-electron chi connectivity index (χ0n) is 10.1. The van der Waals surface area contributed by atoms with Crippen molar-refractivity contribution in [1.82, 2.24) is 0 Å². The van der Waals surface area contributed by atoms with Crippen LogP contribution in [0.1, 0.15) is 19.8 Å². The van der Waals surface area contributed by atoms with Gasteiger partial charge in [-0.1, -0.05) is 12.1 Å². The van der Waals surface area contributed by atoms with Crippen molar-refractivity contribution in [3.63, 3.8) is 0 Å². The molecule has 17 heavy (non-hydrogen) atoms. The van der Waals surface area contributed by atoms with Crippen LogP contribution in [0.25, 0.3) is 0 Å². The lowest BCUT2D eigenvalue weighted by Gasteiger charge is -2.40. The van der Waals surface area contributed by atoms with Crippen LogP contribution >= 0.6 is 15.9 Å². The first-order valence-corrected chi connectivity index (χ1v) is 6.79. The summed E-state index contributed by atoms with van der Waals surface area (Å²) in [5, 5.41) is 3.59. The second-order valence-electron chi connectivity index (χ2n) is 4.72. The van der Waals surface area contributed by atoms with Crippen LogP contribution in [0.3, 0.4) is 0 Å². The monoisotopic (exact) mass is 298 g/mol. The molecule has 1 fully saturated rings. The molecular formula is C13H19BrN2O. The highest BCUT2D eigenvalue weighted by Gasteiger charge is 2.34. The van der Waals surface area contributed by atoms with Gasteiger partial charge in [0.1, 0.15) is 0 Å². The Labute approximate surface area is 111 Å². The molecule has 0 bridgehead atoms. The molecule has 2 atom stereocenters. The van der Waals surface area contributed by atoms with Crippen LogP contribution in [0.2, 0.25) is 0 Å². The number of ether oxygens (including phenoxy) is 1. The lowest BCUT2D eigenvalue weighted by Crippen LogP contribution is -2.51. The minimum Gasteiger partial charge on any atom is -0.378 e. The molecule has 0 spiro atoms. The maximum Gasteiger partial charge on any atom is 0.0569 e. The van der Waals surface area contributed by atoms with E-state index < -0.39 is 0 Å². The summed E-state index contributed by atoms with van der Waals surface area (Å²) in [5.41, 5.74) is 7.03. The largest absolute Gasteiger partial charge is 0.378 e. The number of halogens is 1. The van der Waals surface area contributed by atoms with Gasteiger partial charge in [-0.3, -0.25) is 0 Å². The number of nitrogens with one attached hydrogen (secondary N) is 1. The normalized spacial score (nSPS) is 29.0. The minimum atomic E-state index is -0.0401. The standard InChI is InChI=1S/C13H19BrN2O/c1-10-8-13(9-15,6-7-17-10)16-12-5-3-2-4-11(12)14/h2-5,10,16H,6-9,15H2,1H3. The van der Waals surface area contributed by atoms with Gasteiger partial charge in [0.15, 0.2) is 0 Å². The lowest BCUT2D eigenvalue weighted by atomic mass is 9.86. The van der Waals surface area contributed by atoms with Gasteiger partial charge in [-0.25, -0.2) is 0 Å². The average molecular weight is 299 g/mol. The Balaban J connectivity index is 2.17. The number of hydrogen-bond donors (Lipinski definition) is 2. The van der Waals surface area contributed by atoms with Crippen molar-refractivity contribution >= 4 is 21.6 Å². The first-order valence-electron chi connectivity index (χ1n) is 6.00. The van der Waals surface area contributed by atoms with Crippen LogP contribution < -0.4 is 11.1 Å². The van der Waals surface area contributed by atoms with E-state index in [-0.39, 0.29) is 11.6 Å². The van der Waals surface area contributed by atoms with Crippen LogP contribution in [0.15, 0.2) is 28.7 Å². The molecule has 1 aliphatic rings. The third kappa shape index (κ3) is 3.00. The van der Waals surface area contributed by atoms with Crippen LogP contribution in [0, 0.1) is 0 Å². The molecule has 3 N–H and O–H groups in total. The molecule has 4 heteroatoms. The molecule has 1 aromatic carbocycles. The number of anilines is 1. The molecule has 2 rings (SSSR count). The molecule has 1 saturated heterocycles. The number of para-hydroxylation sites is 1. The van der Waals surface area contributed by atoms with E-state index in [1.165, 1.54) is 0 Å². The molecule has 0 aliphatic carbocycles. The Hall–Kier alpha value is -0.580. The van der Waals surface area contributed by atoms with Crippen LogP contribution in [0.5, 0.6) is 0 Å². The van der Waals surface area contributed by atoms with Gasteiger partial charge >= 0.3 is 0 Å². The summed E-state index contributed by atoms with van der Waals surface area (Å²) in [4.78, 5) is 0. The Morgan fingerprint density at radius 1 is 1.53 bits per heavy atom. The van der Waals surface area contributed by atoms with E-state index in [4.69, 9.17) is 10.5 Å². The first kappa shape index (κ1) is 12.9. The van der Waals surface area contributed by atoms with Crippen LogP contribution in [-0.4, -0.2) is 24.8 Å². The number of benzene rings is 1. The fraction of sp³-hybridized carbons (Fsp3) is 0.538. The van der Waals surface area contributed by atoms with Gasteiger partial charge in [-0.05, 0) is 47.8 Å². The number of hydrogen-bond acceptors (Lipinski definition) is 3. The van der Waals surface area contributed by atoms with Gasteiger partial charge in [0.2, 0.25) is 0 Å². The third-order valence-electron chi connectivity index (χ3n) is 3.33. The summed E-state index contributed by atoms with van der Waals surface area (Å²) in [5.74, 6) is 0. The fourth-order valence-corrected chi connectivity index (χ4v) is 2.75. The Bertz CT molecular complexity index is 385. The van der Waals surface area contributed by atoms with Gasteiger partial charge < -0.3 is 15.8 Å². The molecule has 0 amide bonds. The average Bonchev–Trinajstić information content (AvgIpc) is 2.32. The molecule has 3 nitrogen and oxygen atoms in total. The molecule has 0 saturated carbocycles. The van der Waals surface area contributed by atoms with Crippen LogP contribution in [-0.2, 0) is 4.74 Å². The highest BCUT2D eigenvalue weighted by atomic mass is 79.9. The summed E-state index contributed by atoms with van der Waals surface area (Å²) in [6, 6.07) is 8.15. The highest BCUT2D eigenvalue weighted by molar-refractivity contribution is 9.10. The fourth-order valence-electron chi connectivity index (χ4n) is 2.36. The predicted octanol–water partition coefficient (Wildman–Crippen LogP) is 2.76. The SMILES string of the molecule is CC1CC(CN)(Nc2ccccc2Br)CCO1. The van der Waals surface area contributed by atoms with E-state index in [1.807, 2.05) is 18.2 Å². The zero-order chi connectivity index (χ0) is 12.3. The van der Waals surface area contributed by atoms with Crippen molar-refractivity contribution in [3.05, 3.63) is 28.7 Å². The van der Waals surface area contributed by atoms with Crippen LogP contribution in [0.4, 0.5) is 5.69 Å². The molecule has 94 valence electrons. The van der Waals surface area contributed by atoms with Crippen molar-refractivity contribution in [2.45, 2.75) is 31.4 Å². The molecule has 0 radical (unpaired) electrons. The summed E-state index contributed by atoms with van der Waals surface area (Å²) >= 11 is 3.56. The first-order chi connectivity index (χ1) is 8.15. The van der Waals surface area contributed by atoms with E-state index in [2.05, 4.69) is 34.2 Å². The van der Waals surface area contributed by atoms with E-state index in [0.717, 1.165) is 29.6 Å². The van der Waals surface area contributed by atoms with Gasteiger partial charge in [-0.2, -0.15) is 0 Å². The lowest BCUT2D eigenvalue weighted by molar-refractivity contribution is 0.000250. The Kier molecular flexibility index (Phi) is 4.07. The van der Waals surface area contributed by atoms with E-state index in [0.29, 0.717) is 6.54 Å². The van der Waals surface area contributed by atoms with E-state index in [1.54, 1.807) is 0 Å². The van der Waals surface area contributed by atoms with Crippen molar-refractivity contribution in [2.24, 2.45) is 5.73 Å². The second kappa shape index (κ2) is 5.38. The topological polar surface area (TPSA) is 47.3 Å². The maximum absolute atomic E-state index is 5.97. The molecule has 1 heterocycles. The van der Waals surface area contributed by atoms with Crippen molar-refractivity contribution in [1.29, 1.82) is 0 Å². The molecule has 1 aliphatic heterocycles. The molecular weight excluding hydrogens is 280 g/mol. The summed E-state index contributed by atoms with van der Waals surface area (Å²) < 4.78 is 6.67. The Morgan fingerprint density at radius 2 is 2.29 bits per heavy atom. The zero-order valence-corrected chi connectivity index (χ0v) is 11.7.